The van der Waals surface area contributed by atoms with Crippen LogP contribution in [0.1, 0.15) is 51.1 Å². The van der Waals surface area contributed by atoms with Crippen LogP contribution in [0.5, 0.6) is 5.75 Å². The van der Waals surface area contributed by atoms with Crippen molar-refractivity contribution in [3.63, 3.8) is 0 Å². The predicted molar refractivity (Wildman–Crippen MR) is 80.5 cm³/mol. The molecule has 0 spiro atoms. The average molecular weight is 279 g/mol. The van der Waals surface area contributed by atoms with Crippen molar-refractivity contribution < 1.29 is 9.13 Å². The second kappa shape index (κ2) is 7.07. The van der Waals surface area contributed by atoms with Crippen LogP contribution in [0.15, 0.2) is 18.2 Å². The molecule has 1 saturated carbocycles. The molecule has 1 aliphatic carbocycles. The third-order valence-electron chi connectivity index (χ3n) is 4.42. The van der Waals surface area contributed by atoms with E-state index in [1.807, 2.05) is 12.1 Å². The van der Waals surface area contributed by atoms with Crippen LogP contribution < -0.4 is 10.1 Å². The number of nitrogens with one attached hydrogen (secondary N) is 1. The minimum Gasteiger partial charge on any atom is -0.497 e. The number of benzene rings is 1. The summed E-state index contributed by atoms with van der Waals surface area (Å²) >= 11 is 0. The van der Waals surface area contributed by atoms with E-state index >= 15 is 0 Å². The lowest BCUT2D eigenvalue weighted by atomic mass is 9.76. The van der Waals surface area contributed by atoms with Crippen LogP contribution in [0.4, 0.5) is 4.39 Å². The minimum atomic E-state index is -0.159. The lowest BCUT2D eigenvalue weighted by Gasteiger charge is -2.34. The summed E-state index contributed by atoms with van der Waals surface area (Å²) in [6, 6.07) is 5.34. The maximum absolute atomic E-state index is 14.3. The van der Waals surface area contributed by atoms with Crippen LogP contribution in [0, 0.1) is 17.7 Å². The fourth-order valence-corrected chi connectivity index (χ4v) is 3.42. The van der Waals surface area contributed by atoms with E-state index in [2.05, 4.69) is 19.2 Å². The van der Waals surface area contributed by atoms with Crippen molar-refractivity contribution in [1.82, 2.24) is 5.32 Å². The van der Waals surface area contributed by atoms with E-state index in [4.69, 9.17) is 4.74 Å². The molecule has 0 aliphatic heterocycles. The molecule has 1 aliphatic rings. The van der Waals surface area contributed by atoms with Crippen LogP contribution in [0.3, 0.4) is 0 Å². The fraction of sp³-hybridized carbons (Fsp3) is 0.647. The first-order valence-electron chi connectivity index (χ1n) is 7.72. The van der Waals surface area contributed by atoms with Gasteiger partial charge in [0.05, 0.1) is 7.11 Å². The second-order valence-corrected chi connectivity index (χ2v) is 5.95. The Balaban J connectivity index is 2.23. The van der Waals surface area contributed by atoms with Crippen molar-refractivity contribution in [3.05, 3.63) is 29.6 Å². The summed E-state index contributed by atoms with van der Waals surface area (Å²) in [5.41, 5.74) is 0.784. The number of hydrogen-bond donors (Lipinski definition) is 1. The van der Waals surface area contributed by atoms with E-state index in [1.165, 1.54) is 31.7 Å². The molecule has 2 rings (SSSR count). The highest BCUT2D eigenvalue weighted by Crippen LogP contribution is 2.38. The molecule has 3 heteroatoms. The Morgan fingerprint density at radius 3 is 2.80 bits per heavy atom. The van der Waals surface area contributed by atoms with E-state index in [0.29, 0.717) is 11.7 Å². The monoisotopic (exact) mass is 279 g/mol. The Morgan fingerprint density at radius 2 is 2.20 bits per heavy atom. The largest absolute Gasteiger partial charge is 0.497 e. The van der Waals surface area contributed by atoms with Gasteiger partial charge in [-0.1, -0.05) is 32.8 Å². The standard InChI is InChI=1S/C17H26FNO/c1-4-19-17(13-7-5-6-12(2)10-13)15-9-8-14(20-3)11-16(15)18/h8-9,11-13,17,19H,4-7,10H2,1-3H3. The molecular weight excluding hydrogens is 253 g/mol. The first kappa shape index (κ1) is 15.3. The van der Waals surface area contributed by atoms with E-state index in [-0.39, 0.29) is 11.9 Å². The van der Waals surface area contributed by atoms with Crippen molar-refractivity contribution >= 4 is 0 Å². The van der Waals surface area contributed by atoms with E-state index in [0.717, 1.165) is 18.0 Å². The number of ether oxygens (including phenoxy) is 1. The Labute approximate surface area is 121 Å². The van der Waals surface area contributed by atoms with Gasteiger partial charge in [-0.2, -0.15) is 0 Å². The Kier molecular flexibility index (Phi) is 5.41. The van der Waals surface area contributed by atoms with Crippen molar-refractivity contribution in [2.24, 2.45) is 11.8 Å². The summed E-state index contributed by atoms with van der Waals surface area (Å²) in [7, 11) is 1.57. The highest BCUT2D eigenvalue weighted by atomic mass is 19.1. The van der Waals surface area contributed by atoms with Gasteiger partial charge in [0.15, 0.2) is 0 Å². The average Bonchev–Trinajstić information content (AvgIpc) is 2.45. The van der Waals surface area contributed by atoms with Gasteiger partial charge in [-0.05, 0) is 37.3 Å². The van der Waals surface area contributed by atoms with E-state index < -0.39 is 0 Å². The molecule has 0 radical (unpaired) electrons. The van der Waals surface area contributed by atoms with Gasteiger partial charge in [-0.25, -0.2) is 4.39 Å². The zero-order valence-corrected chi connectivity index (χ0v) is 12.8. The van der Waals surface area contributed by atoms with Crippen molar-refractivity contribution in [1.29, 1.82) is 0 Å². The molecule has 112 valence electrons. The van der Waals surface area contributed by atoms with Gasteiger partial charge in [0.2, 0.25) is 0 Å². The maximum Gasteiger partial charge on any atom is 0.131 e. The van der Waals surface area contributed by atoms with Gasteiger partial charge in [0.25, 0.3) is 0 Å². The molecule has 20 heavy (non-hydrogen) atoms. The van der Waals surface area contributed by atoms with Gasteiger partial charge in [0.1, 0.15) is 11.6 Å². The molecule has 3 unspecified atom stereocenters. The van der Waals surface area contributed by atoms with Gasteiger partial charge in [-0.3, -0.25) is 0 Å². The highest BCUT2D eigenvalue weighted by molar-refractivity contribution is 5.31. The predicted octanol–water partition coefficient (Wildman–Crippen LogP) is 4.31. The van der Waals surface area contributed by atoms with Crippen molar-refractivity contribution in [3.8, 4) is 5.75 Å². The lowest BCUT2D eigenvalue weighted by molar-refractivity contribution is 0.222. The quantitative estimate of drug-likeness (QED) is 0.867. The molecule has 0 bridgehead atoms. The molecule has 1 aromatic rings. The van der Waals surface area contributed by atoms with Gasteiger partial charge >= 0.3 is 0 Å². The number of methoxy groups -OCH3 is 1. The molecule has 0 aromatic heterocycles. The smallest absolute Gasteiger partial charge is 0.131 e. The Morgan fingerprint density at radius 1 is 1.40 bits per heavy atom. The van der Waals surface area contributed by atoms with Gasteiger partial charge in [0, 0.05) is 17.7 Å². The molecule has 1 fully saturated rings. The topological polar surface area (TPSA) is 21.3 Å². The summed E-state index contributed by atoms with van der Waals surface area (Å²) in [5.74, 6) is 1.70. The summed E-state index contributed by atoms with van der Waals surface area (Å²) < 4.78 is 19.4. The van der Waals surface area contributed by atoms with Crippen LogP contribution in [-0.4, -0.2) is 13.7 Å². The van der Waals surface area contributed by atoms with Crippen LogP contribution in [0.2, 0.25) is 0 Å². The second-order valence-electron chi connectivity index (χ2n) is 5.95. The van der Waals surface area contributed by atoms with Crippen molar-refractivity contribution in [2.75, 3.05) is 13.7 Å². The Bertz CT molecular complexity index is 435. The summed E-state index contributed by atoms with van der Waals surface area (Å²) in [6.45, 7) is 5.25. The zero-order chi connectivity index (χ0) is 14.5. The third kappa shape index (κ3) is 3.51. The molecule has 2 nitrogen and oxygen atoms in total. The summed E-state index contributed by atoms with van der Waals surface area (Å²) in [5, 5.41) is 3.49. The van der Waals surface area contributed by atoms with E-state index in [9.17, 15) is 4.39 Å². The highest BCUT2D eigenvalue weighted by Gasteiger charge is 2.29. The van der Waals surface area contributed by atoms with Crippen LogP contribution in [0.25, 0.3) is 0 Å². The normalized spacial score (nSPS) is 24.4. The molecule has 0 saturated heterocycles. The first-order chi connectivity index (χ1) is 9.65. The SMILES string of the molecule is CCNC(c1ccc(OC)cc1F)C1CCCC(C)C1. The maximum atomic E-state index is 14.3. The molecular formula is C17H26FNO. The minimum absolute atomic E-state index is 0.119. The van der Waals surface area contributed by atoms with Crippen LogP contribution in [-0.2, 0) is 0 Å². The first-order valence-corrected chi connectivity index (χ1v) is 7.72. The molecule has 0 amide bonds. The number of rotatable bonds is 5. The van der Waals surface area contributed by atoms with Gasteiger partial charge < -0.3 is 10.1 Å². The zero-order valence-electron chi connectivity index (χ0n) is 12.8. The van der Waals surface area contributed by atoms with Crippen molar-refractivity contribution in [2.45, 2.75) is 45.6 Å². The lowest BCUT2D eigenvalue weighted by Crippen LogP contribution is -2.31. The summed E-state index contributed by atoms with van der Waals surface area (Å²) in [6.07, 6.45) is 4.93. The number of hydrogen-bond acceptors (Lipinski definition) is 2. The van der Waals surface area contributed by atoms with E-state index in [1.54, 1.807) is 7.11 Å². The molecule has 0 heterocycles. The summed E-state index contributed by atoms with van der Waals surface area (Å²) in [4.78, 5) is 0. The Hall–Kier alpha value is -1.09. The van der Waals surface area contributed by atoms with Gasteiger partial charge in [-0.15, -0.1) is 0 Å². The van der Waals surface area contributed by atoms with Crippen LogP contribution >= 0.6 is 0 Å². The molecule has 1 N–H and O–H groups in total. The molecule has 3 atom stereocenters. The number of halogens is 1. The fourth-order valence-electron chi connectivity index (χ4n) is 3.42. The molecule has 1 aromatic carbocycles. The third-order valence-corrected chi connectivity index (χ3v) is 4.42.